The Morgan fingerprint density at radius 3 is 2.60 bits per heavy atom. The number of nitrogens with zero attached hydrogens (tertiary/aromatic N) is 1. The Morgan fingerprint density at radius 2 is 1.90 bits per heavy atom. The highest BCUT2D eigenvalue weighted by molar-refractivity contribution is 6.01. The Hall–Kier alpha value is -2.29. The molecule has 20 heavy (non-hydrogen) atoms. The first-order valence-corrected chi connectivity index (χ1v) is 6.59. The third-order valence-electron chi connectivity index (χ3n) is 3.22. The first-order chi connectivity index (χ1) is 9.61. The molecular weight excluding hydrogens is 250 g/mol. The molecule has 1 N–H and O–H groups in total. The number of hydrogen-bond acceptors (Lipinski definition) is 3. The van der Waals surface area contributed by atoms with Gasteiger partial charge >= 0.3 is 0 Å². The molecule has 3 heteroatoms. The van der Waals surface area contributed by atoms with Crippen molar-refractivity contribution in [2.45, 2.75) is 27.4 Å². The van der Waals surface area contributed by atoms with E-state index in [1.54, 1.807) is 6.92 Å². The second-order valence-electron chi connectivity index (χ2n) is 4.91. The van der Waals surface area contributed by atoms with Gasteiger partial charge in [0.1, 0.15) is 12.4 Å². The van der Waals surface area contributed by atoms with Gasteiger partial charge in [-0.05, 0) is 38.0 Å². The first kappa shape index (κ1) is 14.1. The highest BCUT2D eigenvalue weighted by atomic mass is 16.5. The minimum atomic E-state index is 0.498. The molecule has 104 valence electrons. The highest BCUT2D eigenvalue weighted by Gasteiger charge is 2.10. The van der Waals surface area contributed by atoms with Crippen LogP contribution < -0.4 is 4.74 Å². The molecule has 0 bridgehead atoms. The van der Waals surface area contributed by atoms with Gasteiger partial charge in [-0.3, -0.25) is 0 Å². The van der Waals surface area contributed by atoms with E-state index >= 15 is 0 Å². The maximum absolute atomic E-state index is 8.96. The molecule has 0 atom stereocenters. The van der Waals surface area contributed by atoms with Crippen LogP contribution in [0.1, 0.15) is 29.2 Å². The number of hydrogen-bond donors (Lipinski definition) is 1. The van der Waals surface area contributed by atoms with E-state index in [1.807, 2.05) is 37.3 Å². The van der Waals surface area contributed by atoms with E-state index in [0.717, 1.165) is 22.4 Å². The summed E-state index contributed by atoms with van der Waals surface area (Å²) in [4.78, 5) is 0. The van der Waals surface area contributed by atoms with E-state index in [0.29, 0.717) is 12.3 Å². The SMILES string of the molecule is C/C(=N\O)c1cccc(C)c1OCc1cccc(C)c1. The maximum atomic E-state index is 8.96. The van der Waals surface area contributed by atoms with E-state index in [4.69, 9.17) is 9.94 Å². The molecule has 0 amide bonds. The van der Waals surface area contributed by atoms with Crippen LogP contribution in [-0.2, 0) is 6.61 Å². The summed E-state index contributed by atoms with van der Waals surface area (Å²) < 4.78 is 5.94. The van der Waals surface area contributed by atoms with Crippen LogP contribution in [0.25, 0.3) is 0 Å². The molecule has 0 heterocycles. The normalized spacial score (nSPS) is 11.4. The summed E-state index contributed by atoms with van der Waals surface area (Å²) in [6, 6.07) is 14.0. The molecule has 0 fully saturated rings. The zero-order chi connectivity index (χ0) is 14.5. The Morgan fingerprint density at radius 1 is 1.15 bits per heavy atom. The Balaban J connectivity index is 2.25. The van der Waals surface area contributed by atoms with Crippen molar-refractivity contribution in [3.05, 3.63) is 64.7 Å². The van der Waals surface area contributed by atoms with Crippen LogP contribution in [0, 0.1) is 13.8 Å². The van der Waals surface area contributed by atoms with Gasteiger partial charge in [0.25, 0.3) is 0 Å². The van der Waals surface area contributed by atoms with Gasteiger partial charge in [-0.25, -0.2) is 0 Å². The van der Waals surface area contributed by atoms with Crippen LogP contribution in [0.15, 0.2) is 47.6 Å². The van der Waals surface area contributed by atoms with Crippen molar-refractivity contribution in [3.63, 3.8) is 0 Å². The molecule has 0 unspecified atom stereocenters. The first-order valence-electron chi connectivity index (χ1n) is 6.59. The van der Waals surface area contributed by atoms with E-state index in [2.05, 4.69) is 24.2 Å². The highest BCUT2D eigenvalue weighted by Crippen LogP contribution is 2.25. The van der Waals surface area contributed by atoms with E-state index in [9.17, 15) is 0 Å². The fraction of sp³-hybridized carbons (Fsp3) is 0.235. The number of aryl methyl sites for hydroxylation is 2. The standard InChI is InChI=1S/C17H19NO2/c1-12-6-4-8-15(10-12)11-20-17-13(2)7-5-9-16(17)14(3)18-19/h4-10,19H,11H2,1-3H3/b18-14+. The molecule has 0 spiro atoms. The lowest BCUT2D eigenvalue weighted by atomic mass is 10.1. The molecule has 0 saturated heterocycles. The summed E-state index contributed by atoms with van der Waals surface area (Å²) >= 11 is 0. The molecular formula is C17H19NO2. The Bertz CT molecular complexity index is 633. The Labute approximate surface area is 119 Å². The van der Waals surface area contributed by atoms with Crippen molar-refractivity contribution in [1.29, 1.82) is 0 Å². The molecule has 0 aliphatic rings. The van der Waals surface area contributed by atoms with Crippen molar-refractivity contribution in [2.75, 3.05) is 0 Å². The molecule has 3 nitrogen and oxygen atoms in total. The molecule has 2 rings (SSSR count). The van der Waals surface area contributed by atoms with Crippen molar-refractivity contribution in [2.24, 2.45) is 5.16 Å². The maximum Gasteiger partial charge on any atom is 0.131 e. The number of benzene rings is 2. The monoisotopic (exact) mass is 269 g/mol. The average molecular weight is 269 g/mol. The van der Waals surface area contributed by atoms with Crippen molar-refractivity contribution < 1.29 is 9.94 Å². The molecule has 0 aliphatic heterocycles. The molecule has 0 aromatic heterocycles. The molecule has 2 aromatic rings. The van der Waals surface area contributed by atoms with E-state index in [-0.39, 0.29) is 0 Å². The van der Waals surface area contributed by atoms with Gasteiger partial charge < -0.3 is 9.94 Å². The lowest BCUT2D eigenvalue weighted by molar-refractivity contribution is 0.301. The summed E-state index contributed by atoms with van der Waals surface area (Å²) in [5.74, 6) is 0.768. The zero-order valence-electron chi connectivity index (χ0n) is 12.1. The van der Waals surface area contributed by atoms with Crippen LogP contribution in [0.2, 0.25) is 0 Å². The van der Waals surface area contributed by atoms with Crippen LogP contribution in [0.3, 0.4) is 0 Å². The van der Waals surface area contributed by atoms with Crippen molar-refractivity contribution in [3.8, 4) is 5.75 Å². The van der Waals surface area contributed by atoms with Crippen LogP contribution in [0.4, 0.5) is 0 Å². The minimum Gasteiger partial charge on any atom is -0.488 e. The Kier molecular flexibility index (Phi) is 4.41. The second-order valence-corrected chi connectivity index (χ2v) is 4.91. The molecule has 0 radical (unpaired) electrons. The van der Waals surface area contributed by atoms with Crippen LogP contribution in [-0.4, -0.2) is 10.9 Å². The smallest absolute Gasteiger partial charge is 0.131 e. The number of oxime groups is 1. The summed E-state index contributed by atoms with van der Waals surface area (Å²) in [5.41, 5.74) is 4.73. The van der Waals surface area contributed by atoms with Gasteiger partial charge in [-0.2, -0.15) is 0 Å². The fourth-order valence-corrected chi connectivity index (χ4v) is 2.14. The van der Waals surface area contributed by atoms with Gasteiger partial charge in [-0.1, -0.05) is 47.1 Å². The summed E-state index contributed by atoms with van der Waals surface area (Å²) in [5, 5.41) is 12.2. The lowest BCUT2D eigenvalue weighted by Crippen LogP contribution is -2.04. The number of rotatable bonds is 4. The quantitative estimate of drug-likeness (QED) is 0.516. The number of para-hydroxylation sites is 1. The topological polar surface area (TPSA) is 41.8 Å². The zero-order valence-corrected chi connectivity index (χ0v) is 12.1. The van der Waals surface area contributed by atoms with Crippen LogP contribution in [0.5, 0.6) is 5.75 Å². The average Bonchev–Trinajstić information content (AvgIpc) is 2.45. The number of ether oxygens (including phenoxy) is 1. The third kappa shape index (κ3) is 3.18. The van der Waals surface area contributed by atoms with Gasteiger partial charge in [0.05, 0.1) is 5.71 Å². The van der Waals surface area contributed by atoms with E-state index < -0.39 is 0 Å². The van der Waals surface area contributed by atoms with E-state index in [1.165, 1.54) is 5.56 Å². The summed E-state index contributed by atoms with van der Waals surface area (Å²) in [6.45, 7) is 6.30. The van der Waals surface area contributed by atoms with Crippen LogP contribution >= 0.6 is 0 Å². The predicted molar refractivity (Wildman–Crippen MR) is 80.7 cm³/mol. The predicted octanol–water partition coefficient (Wildman–Crippen LogP) is 4.08. The fourth-order valence-electron chi connectivity index (χ4n) is 2.14. The van der Waals surface area contributed by atoms with Gasteiger partial charge in [0, 0.05) is 5.56 Å². The summed E-state index contributed by atoms with van der Waals surface area (Å²) in [6.07, 6.45) is 0. The third-order valence-corrected chi connectivity index (χ3v) is 3.22. The van der Waals surface area contributed by atoms with Gasteiger partial charge in [-0.15, -0.1) is 0 Å². The minimum absolute atomic E-state index is 0.498. The largest absolute Gasteiger partial charge is 0.488 e. The van der Waals surface area contributed by atoms with Gasteiger partial charge in [0.15, 0.2) is 0 Å². The molecule has 0 aliphatic carbocycles. The van der Waals surface area contributed by atoms with Crippen molar-refractivity contribution in [1.82, 2.24) is 0 Å². The van der Waals surface area contributed by atoms with Crippen molar-refractivity contribution >= 4 is 5.71 Å². The lowest BCUT2D eigenvalue weighted by Gasteiger charge is -2.14. The summed E-state index contributed by atoms with van der Waals surface area (Å²) in [7, 11) is 0. The molecule has 0 saturated carbocycles. The molecule has 2 aromatic carbocycles. The second kappa shape index (κ2) is 6.24. The van der Waals surface area contributed by atoms with Gasteiger partial charge in [0.2, 0.25) is 0 Å².